The Morgan fingerprint density at radius 1 is 1.76 bits per heavy atom. The van der Waals surface area contributed by atoms with Crippen LogP contribution in [0.1, 0.15) is 33.1 Å². The molecule has 2 nitrogen and oxygen atoms in total. The maximum Gasteiger partial charge on any atom is 0.146 e. The number of aliphatic hydroxyl groups excluding tert-OH is 1. The number of carbonyl (C=O) groups excluding carboxylic acids is 1. The SMILES string of the molecule is C=C[C@@]1(C)CCC=C(CC(C)O)[C@H]1C(=C)C=O. The summed E-state index contributed by atoms with van der Waals surface area (Å²) in [5, 5.41) is 9.54. The third-order valence-corrected chi connectivity index (χ3v) is 3.64. The van der Waals surface area contributed by atoms with Crippen LogP contribution in [0.25, 0.3) is 0 Å². The minimum Gasteiger partial charge on any atom is -0.393 e. The summed E-state index contributed by atoms with van der Waals surface area (Å²) in [5.74, 6) is -0.0131. The van der Waals surface area contributed by atoms with Crippen molar-refractivity contribution < 1.29 is 9.90 Å². The second kappa shape index (κ2) is 5.46. The Labute approximate surface area is 104 Å². The zero-order valence-electron chi connectivity index (χ0n) is 10.8. The summed E-state index contributed by atoms with van der Waals surface area (Å²) in [4.78, 5) is 11.0. The van der Waals surface area contributed by atoms with Gasteiger partial charge in [0.25, 0.3) is 0 Å². The molecule has 1 aliphatic carbocycles. The molecule has 0 aromatic rings. The van der Waals surface area contributed by atoms with E-state index < -0.39 is 6.10 Å². The molecule has 1 rings (SSSR count). The van der Waals surface area contributed by atoms with Gasteiger partial charge in [-0.1, -0.05) is 31.2 Å². The summed E-state index contributed by atoms with van der Waals surface area (Å²) >= 11 is 0. The van der Waals surface area contributed by atoms with E-state index >= 15 is 0 Å². The maximum absolute atomic E-state index is 11.0. The van der Waals surface area contributed by atoms with Gasteiger partial charge in [0.05, 0.1) is 6.10 Å². The average molecular weight is 234 g/mol. The van der Waals surface area contributed by atoms with Crippen LogP contribution in [0.2, 0.25) is 0 Å². The van der Waals surface area contributed by atoms with Crippen molar-refractivity contribution in [3.05, 3.63) is 36.5 Å². The molecule has 1 aliphatic rings. The number of allylic oxidation sites excluding steroid dienone is 3. The van der Waals surface area contributed by atoms with Crippen LogP contribution in [0.3, 0.4) is 0 Å². The first-order valence-corrected chi connectivity index (χ1v) is 6.09. The summed E-state index contributed by atoms with van der Waals surface area (Å²) < 4.78 is 0. The molecule has 0 aromatic carbocycles. The van der Waals surface area contributed by atoms with E-state index in [1.165, 1.54) is 0 Å². The first-order valence-electron chi connectivity index (χ1n) is 6.09. The van der Waals surface area contributed by atoms with Crippen molar-refractivity contribution in [2.24, 2.45) is 11.3 Å². The first kappa shape index (κ1) is 13.9. The van der Waals surface area contributed by atoms with Crippen molar-refractivity contribution in [2.75, 3.05) is 0 Å². The van der Waals surface area contributed by atoms with Gasteiger partial charge in [0.1, 0.15) is 6.29 Å². The van der Waals surface area contributed by atoms with E-state index in [0.29, 0.717) is 12.0 Å². The molecule has 0 saturated heterocycles. The van der Waals surface area contributed by atoms with Gasteiger partial charge >= 0.3 is 0 Å². The number of carbonyl (C=O) groups is 1. The van der Waals surface area contributed by atoms with E-state index in [0.717, 1.165) is 24.7 Å². The smallest absolute Gasteiger partial charge is 0.146 e. The van der Waals surface area contributed by atoms with Crippen LogP contribution in [-0.2, 0) is 4.79 Å². The number of hydrogen-bond donors (Lipinski definition) is 1. The Morgan fingerprint density at radius 2 is 2.41 bits per heavy atom. The van der Waals surface area contributed by atoms with Gasteiger partial charge in [-0.25, -0.2) is 0 Å². The number of aliphatic hydroxyl groups is 1. The van der Waals surface area contributed by atoms with Crippen molar-refractivity contribution >= 4 is 6.29 Å². The van der Waals surface area contributed by atoms with Gasteiger partial charge < -0.3 is 5.11 Å². The molecule has 0 radical (unpaired) electrons. The van der Waals surface area contributed by atoms with Crippen molar-refractivity contribution in [3.8, 4) is 0 Å². The standard InChI is InChI=1S/C15H22O2/c1-5-15(4)8-6-7-13(9-12(3)17)14(15)11(2)10-16/h5,7,10,12,14,17H,1-2,6,8-9H2,3-4H3/t12?,14-,15+/m1/s1. The van der Waals surface area contributed by atoms with Crippen LogP contribution in [0.15, 0.2) is 36.5 Å². The zero-order valence-corrected chi connectivity index (χ0v) is 10.8. The monoisotopic (exact) mass is 234 g/mol. The Bertz CT molecular complexity index is 352. The fourth-order valence-electron chi connectivity index (χ4n) is 2.75. The van der Waals surface area contributed by atoms with Crippen LogP contribution in [-0.4, -0.2) is 17.5 Å². The lowest BCUT2D eigenvalue weighted by Gasteiger charge is -2.40. The topological polar surface area (TPSA) is 37.3 Å². The lowest BCUT2D eigenvalue weighted by Crippen LogP contribution is -2.32. The van der Waals surface area contributed by atoms with Crippen LogP contribution in [0.5, 0.6) is 0 Å². The highest BCUT2D eigenvalue weighted by Gasteiger charge is 2.37. The minimum atomic E-state index is -0.393. The molecule has 1 unspecified atom stereocenters. The molecule has 0 aliphatic heterocycles. The van der Waals surface area contributed by atoms with Crippen LogP contribution in [0.4, 0.5) is 0 Å². The summed E-state index contributed by atoms with van der Waals surface area (Å²) in [6.07, 6.45) is 7.02. The molecule has 0 heterocycles. The van der Waals surface area contributed by atoms with Crippen LogP contribution >= 0.6 is 0 Å². The molecule has 0 amide bonds. The third kappa shape index (κ3) is 2.95. The van der Waals surface area contributed by atoms with Crippen molar-refractivity contribution in [3.63, 3.8) is 0 Å². The van der Waals surface area contributed by atoms with E-state index in [-0.39, 0.29) is 11.3 Å². The number of hydrogen-bond acceptors (Lipinski definition) is 2. The lowest BCUT2D eigenvalue weighted by atomic mass is 9.64. The van der Waals surface area contributed by atoms with E-state index in [1.807, 2.05) is 6.08 Å². The highest BCUT2D eigenvalue weighted by molar-refractivity contribution is 5.74. The quantitative estimate of drug-likeness (QED) is 0.451. The molecule has 0 fully saturated rings. The van der Waals surface area contributed by atoms with Gasteiger partial charge in [0.15, 0.2) is 0 Å². The Kier molecular flexibility index (Phi) is 4.47. The van der Waals surface area contributed by atoms with Gasteiger partial charge in [-0.05, 0) is 37.2 Å². The zero-order chi connectivity index (χ0) is 13.1. The summed E-state index contributed by atoms with van der Waals surface area (Å²) in [6, 6.07) is 0. The second-order valence-electron chi connectivity index (χ2n) is 5.21. The van der Waals surface area contributed by atoms with Gasteiger partial charge in [-0.15, -0.1) is 6.58 Å². The van der Waals surface area contributed by atoms with Gasteiger partial charge in [-0.2, -0.15) is 0 Å². The highest BCUT2D eigenvalue weighted by atomic mass is 16.3. The fourth-order valence-corrected chi connectivity index (χ4v) is 2.75. The van der Waals surface area contributed by atoms with E-state index in [1.54, 1.807) is 6.92 Å². The number of rotatable bonds is 5. The molecule has 0 spiro atoms. The molecular formula is C15H22O2. The highest BCUT2D eigenvalue weighted by Crippen LogP contribution is 2.46. The number of aldehydes is 1. The molecule has 0 saturated carbocycles. The molecule has 2 heteroatoms. The second-order valence-corrected chi connectivity index (χ2v) is 5.21. The fraction of sp³-hybridized carbons (Fsp3) is 0.533. The summed E-state index contributed by atoms with van der Waals surface area (Å²) in [5.41, 5.74) is 1.57. The maximum atomic E-state index is 11.0. The van der Waals surface area contributed by atoms with Crippen molar-refractivity contribution in [2.45, 2.75) is 39.2 Å². The van der Waals surface area contributed by atoms with Crippen molar-refractivity contribution in [1.29, 1.82) is 0 Å². The molecule has 94 valence electrons. The third-order valence-electron chi connectivity index (χ3n) is 3.64. The van der Waals surface area contributed by atoms with Crippen molar-refractivity contribution in [1.82, 2.24) is 0 Å². The normalized spacial score (nSPS) is 30.3. The first-order chi connectivity index (χ1) is 7.94. The Morgan fingerprint density at radius 3 is 2.88 bits per heavy atom. The molecule has 3 atom stereocenters. The molecular weight excluding hydrogens is 212 g/mol. The van der Waals surface area contributed by atoms with E-state index in [9.17, 15) is 9.90 Å². The predicted molar refractivity (Wildman–Crippen MR) is 70.6 cm³/mol. The van der Waals surface area contributed by atoms with Gasteiger partial charge in [0.2, 0.25) is 0 Å². The summed E-state index contributed by atoms with van der Waals surface area (Å²) in [7, 11) is 0. The Balaban J connectivity index is 3.10. The van der Waals surface area contributed by atoms with Gasteiger partial charge in [0, 0.05) is 5.92 Å². The van der Waals surface area contributed by atoms with Crippen LogP contribution < -0.4 is 0 Å². The van der Waals surface area contributed by atoms with E-state index in [2.05, 4.69) is 26.2 Å². The van der Waals surface area contributed by atoms with E-state index in [4.69, 9.17) is 0 Å². The van der Waals surface area contributed by atoms with Gasteiger partial charge in [-0.3, -0.25) is 4.79 Å². The predicted octanol–water partition coefficient (Wildman–Crippen LogP) is 3.04. The molecule has 17 heavy (non-hydrogen) atoms. The minimum absolute atomic E-state index is 0.0131. The molecule has 1 N–H and O–H groups in total. The Hall–Kier alpha value is -1.15. The molecule has 0 bridgehead atoms. The lowest BCUT2D eigenvalue weighted by molar-refractivity contribution is -0.105. The average Bonchev–Trinajstić information content (AvgIpc) is 2.27. The molecule has 0 aromatic heterocycles. The largest absolute Gasteiger partial charge is 0.393 e. The van der Waals surface area contributed by atoms with Crippen LogP contribution in [0, 0.1) is 11.3 Å². The summed E-state index contributed by atoms with van der Waals surface area (Å²) in [6.45, 7) is 11.6.